The second kappa shape index (κ2) is 18.5. The zero-order valence-corrected chi connectivity index (χ0v) is 27.9. The fourth-order valence-corrected chi connectivity index (χ4v) is 6.71. The van der Waals surface area contributed by atoms with E-state index in [1.165, 1.54) is 36.7 Å². The van der Waals surface area contributed by atoms with E-state index in [4.69, 9.17) is 5.26 Å². The molecule has 1 aliphatic heterocycles. The Morgan fingerprint density at radius 3 is 2.45 bits per heavy atom. The van der Waals surface area contributed by atoms with Crippen LogP contribution in [0.15, 0.2) is 58.8 Å². The molecule has 0 aliphatic carbocycles. The number of benzene rings is 2. The van der Waals surface area contributed by atoms with E-state index in [0.717, 1.165) is 64.8 Å². The van der Waals surface area contributed by atoms with Crippen molar-refractivity contribution in [3.05, 3.63) is 59.5 Å². The molecule has 44 heavy (non-hydrogen) atoms. The van der Waals surface area contributed by atoms with Crippen molar-refractivity contribution < 1.29 is 13.2 Å². The van der Waals surface area contributed by atoms with Gasteiger partial charge < -0.3 is 15.1 Å². The molecule has 9 nitrogen and oxygen atoms in total. The molecule has 2 N–H and O–H groups in total. The summed E-state index contributed by atoms with van der Waals surface area (Å²) in [5.74, 6) is -0.0394. The maximum Gasteiger partial charge on any atom is 0.261 e. The van der Waals surface area contributed by atoms with Crippen molar-refractivity contribution in [2.45, 2.75) is 70.1 Å². The van der Waals surface area contributed by atoms with Gasteiger partial charge in [-0.3, -0.25) is 9.52 Å². The summed E-state index contributed by atoms with van der Waals surface area (Å²) >= 11 is 1.34. The molecule has 1 fully saturated rings. The smallest absolute Gasteiger partial charge is 0.261 e. The highest BCUT2D eigenvalue weighted by Crippen LogP contribution is 2.28. The van der Waals surface area contributed by atoms with Crippen LogP contribution in [-0.2, 0) is 21.2 Å². The summed E-state index contributed by atoms with van der Waals surface area (Å²) in [5.41, 5.74) is 3.05. The van der Waals surface area contributed by atoms with E-state index < -0.39 is 10.0 Å². The van der Waals surface area contributed by atoms with E-state index in [1.54, 1.807) is 24.3 Å². The zero-order chi connectivity index (χ0) is 31.8. The summed E-state index contributed by atoms with van der Waals surface area (Å²) in [6, 6.07) is 16.0. The second-order valence-corrected chi connectivity index (χ2v) is 13.6. The number of anilines is 2. The highest BCUT2D eigenvalue weighted by atomic mass is 32.2. The number of hydrogen-bond acceptors (Lipinski definition) is 8. The number of piperazine rings is 1. The molecule has 1 aromatic heterocycles. The molecule has 4 rings (SSSR count). The van der Waals surface area contributed by atoms with E-state index in [1.807, 2.05) is 35.7 Å². The minimum atomic E-state index is -3.76. The van der Waals surface area contributed by atoms with Crippen LogP contribution in [0.5, 0.6) is 0 Å². The molecule has 0 radical (unpaired) electrons. The topological polar surface area (TPSA) is 118 Å². The van der Waals surface area contributed by atoms with Crippen LogP contribution < -0.4 is 10.0 Å². The van der Waals surface area contributed by atoms with Crippen molar-refractivity contribution in [1.82, 2.24) is 14.8 Å². The van der Waals surface area contributed by atoms with Crippen LogP contribution >= 0.6 is 11.3 Å². The number of likely N-dealkylation sites (N-methyl/N-ethyl adjacent to an activating group) is 1. The quantitative estimate of drug-likeness (QED) is 0.180. The first-order chi connectivity index (χ1) is 21.2. The van der Waals surface area contributed by atoms with Crippen LogP contribution in [0, 0.1) is 11.3 Å². The van der Waals surface area contributed by atoms with Gasteiger partial charge in [0.2, 0.25) is 5.91 Å². The monoisotopic (exact) mass is 638 g/mol. The Balaban J connectivity index is 0.00000169. The predicted molar refractivity (Wildman–Crippen MR) is 180 cm³/mol. The number of thiazole rings is 1. The van der Waals surface area contributed by atoms with Gasteiger partial charge in [-0.05, 0) is 69.1 Å². The van der Waals surface area contributed by atoms with Gasteiger partial charge in [-0.15, -0.1) is 11.3 Å². The van der Waals surface area contributed by atoms with E-state index in [0.29, 0.717) is 28.5 Å². The van der Waals surface area contributed by atoms with Crippen LogP contribution in [0.25, 0.3) is 11.3 Å². The SMILES string of the molecule is CC#N.CCCCCc1ccc(NS(=O)(=O)c2cccc(-c3csc(NC(=O)CCCCCN4CCN(C)CC4)n3)c2)cc1. The molecule has 0 saturated carbocycles. The summed E-state index contributed by atoms with van der Waals surface area (Å²) in [6.45, 7) is 9.22. The Labute approximate surface area is 267 Å². The highest BCUT2D eigenvalue weighted by Gasteiger charge is 2.17. The zero-order valence-electron chi connectivity index (χ0n) is 26.2. The molecule has 1 aliphatic rings. The summed E-state index contributed by atoms with van der Waals surface area (Å²) in [6.07, 6.45) is 7.95. The summed E-state index contributed by atoms with van der Waals surface area (Å²) in [4.78, 5) is 22.0. The Morgan fingerprint density at radius 1 is 1.02 bits per heavy atom. The number of amides is 1. The van der Waals surface area contributed by atoms with Crippen LogP contribution in [0.2, 0.25) is 0 Å². The van der Waals surface area contributed by atoms with Crippen molar-refractivity contribution in [2.75, 3.05) is 49.8 Å². The van der Waals surface area contributed by atoms with Crippen molar-refractivity contribution in [3.8, 4) is 17.3 Å². The van der Waals surface area contributed by atoms with Crippen molar-refractivity contribution in [2.24, 2.45) is 0 Å². The first-order valence-electron chi connectivity index (χ1n) is 15.4. The fourth-order valence-electron chi connectivity index (χ4n) is 4.87. The number of sulfonamides is 1. The van der Waals surface area contributed by atoms with Crippen LogP contribution in [-0.4, -0.2) is 68.9 Å². The van der Waals surface area contributed by atoms with Gasteiger partial charge in [-0.25, -0.2) is 13.4 Å². The third-order valence-corrected chi connectivity index (χ3v) is 9.58. The molecular weight excluding hydrogens is 593 g/mol. The van der Waals surface area contributed by atoms with E-state index in [9.17, 15) is 13.2 Å². The molecule has 2 aromatic carbocycles. The average molecular weight is 639 g/mol. The Hall–Kier alpha value is -3.30. The summed E-state index contributed by atoms with van der Waals surface area (Å²) in [5, 5.41) is 12.6. The average Bonchev–Trinajstić information content (AvgIpc) is 3.48. The number of unbranched alkanes of at least 4 members (excludes halogenated alkanes) is 4. The molecule has 2 heterocycles. The molecule has 0 atom stereocenters. The largest absolute Gasteiger partial charge is 0.304 e. The first kappa shape index (κ1) is 35.2. The lowest BCUT2D eigenvalue weighted by molar-refractivity contribution is -0.116. The van der Waals surface area contributed by atoms with Crippen molar-refractivity contribution in [3.63, 3.8) is 0 Å². The molecule has 11 heteroatoms. The lowest BCUT2D eigenvalue weighted by Crippen LogP contribution is -2.44. The van der Waals surface area contributed by atoms with E-state index in [2.05, 4.69) is 38.8 Å². The Bertz CT molecular complexity index is 1440. The minimum absolute atomic E-state index is 0.0394. The predicted octanol–water partition coefficient (Wildman–Crippen LogP) is 6.62. The Kier molecular flexibility index (Phi) is 14.8. The maximum absolute atomic E-state index is 13.1. The number of carbonyl (C=O) groups is 1. The molecule has 0 spiro atoms. The Morgan fingerprint density at radius 2 is 1.75 bits per heavy atom. The van der Waals surface area contributed by atoms with Gasteiger partial charge in [0.1, 0.15) is 0 Å². The third kappa shape index (κ3) is 12.0. The number of nitrogens with one attached hydrogen (secondary N) is 2. The summed E-state index contributed by atoms with van der Waals surface area (Å²) < 4.78 is 28.9. The van der Waals surface area contributed by atoms with Gasteiger partial charge >= 0.3 is 0 Å². The highest BCUT2D eigenvalue weighted by molar-refractivity contribution is 7.92. The molecule has 1 saturated heterocycles. The number of aryl methyl sites for hydroxylation is 1. The number of carbonyl (C=O) groups excluding carboxylic acids is 1. The number of nitrogens with zero attached hydrogens (tertiary/aromatic N) is 4. The van der Waals surface area contributed by atoms with E-state index >= 15 is 0 Å². The van der Waals surface area contributed by atoms with Crippen molar-refractivity contribution in [1.29, 1.82) is 5.26 Å². The first-order valence-corrected chi connectivity index (χ1v) is 17.8. The van der Waals surface area contributed by atoms with Crippen LogP contribution in [0.1, 0.15) is 64.4 Å². The fraction of sp³-hybridized carbons (Fsp3) is 0.485. The van der Waals surface area contributed by atoms with Gasteiger partial charge in [0.25, 0.3) is 10.0 Å². The van der Waals surface area contributed by atoms with Gasteiger partial charge in [0.15, 0.2) is 5.13 Å². The summed E-state index contributed by atoms with van der Waals surface area (Å²) in [7, 11) is -1.60. The van der Waals surface area contributed by atoms with Gasteiger partial charge in [0, 0.05) is 56.2 Å². The van der Waals surface area contributed by atoms with Crippen molar-refractivity contribution >= 4 is 38.1 Å². The third-order valence-electron chi connectivity index (χ3n) is 7.44. The number of hydrogen-bond donors (Lipinski definition) is 2. The molecule has 238 valence electrons. The molecule has 3 aromatic rings. The number of aromatic nitrogens is 1. The normalized spacial score (nSPS) is 13.9. The second-order valence-electron chi connectivity index (χ2n) is 11.1. The lowest BCUT2D eigenvalue weighted by Gasteiger charge is -2.32. The molecule has 0 unspecified atom stereocenters. The number of rotatable bonds is 15. The molecule has 0 bridgehead atoms. The van der Waals surface area contributed by atoms with Gasteiger partial charge in [0.05, 0.1) is 16.7 Å². The molecular formula is C33H46N6O3S2. The lowest BCUT2D eigenvalue weighted by atomic mass is 10.1. The minimum Gasteiger partial charge on any atom is -0.304 e. The molecule has 1 amide bonds. The van der Waals surface area contributed by atoms with Crippen LogP contribution in [0.3, 0.4) is 0 Å². The number of nitriles is 1. The standard InChI is InChI=1S/C31H43N5O3S2.C2H3N/c1-3-4-6-10-25-14-16-27(17-15-25)34-41(38,39)28-12-9-11-26(23-28)29-24-40-31(32-29)33-30(37)13-7-5-8-18-36-21-19-35(2)20-22-36;1-2-3/h9,11-12,14-17,23-24,34H,3-8,10,13,18-22H2,1-2H3,(H,32,33,37);1H3. The van der Waals surface area contributed by atoms with E-state index in [-0.39, 0.29) is 10.8 Å². The van der Waals surface area contributed by atoms with Gasteiger partial charge in [-0.2, -0.15) is 5.26 Å². The van der Waals surface area contributed by atoms with Crippen LogP contribution in [0.4, 0.5) is 10.8 Å². The maximum atomic E-state index is 13.1. The van der Waals surface area contributed by atoms with Gasteiger partial charge in [-0.1, -0.05) is 50.5 Å².